The summed E-state index contributed by atoms with van der Waals surface area (Å²) in [6, 6.07) is 10.2. The third-order valence-corrected chi connectivity index (χ3v) is 3.23. The van der Waals surface area contributed by atoms with Crippen LogP contribution in [-0.4, -0.2) is 25.2 Å². The molecule has 0 amide bonds. The van der Waals surface area contributed by atoms with Crippen molar-refractivity contribution in [2.45, 2.75) is 6.04 Å². The number of hydrogen-bond donors (Lipinski definition) is 1. The van der Waals surface area contributed by atoms with Gasteiger partial charge >= 0.3 is 0 Å². The Kier molecular flexibility index (Phi) is 3.33. The van der Waals surface area contributed by atoms with Crippen molar-refractivity contribution in [2.75, 3.05) is 20.3 Å². The SMILES string of the molecule is CNC(c1ccncc1)c1ccc2c(c1)OCCO2. The van der Waals surface area contributed by atoms with Crippen molar-refractivity contribution in [3.05, 3.63) is 53.9 Å². The fraction of sp³-hybridized carbons (Fsp3) is 0.267. The van der Waals surface area contributed by atoms with E-state index in [2.05, 4.69) is 16.4 Å². The van der Waals surface area contributed by atoms with Gasteiger partial charge in [-0.1, -0.05) is 6.07 Å². The highest BCUT2D eigenvalue weighted by molar-refractivity contribution is 5.46. The van der Waals surface area contributed by atoms with Gasteiger partial charge in [0.2, 0.25) is 0 Å². The second-order valence-electron chi connectivity index (χ2n) is 4.41. The van der Waals surface area contributed by atoms with E-state index in [1.54, 1.807) is 12.4 Å². The second-order valence-corrected chi connectivity index (χ2v) is 4.41. The topological polar surface area (TPSA) is 43.4 Å². The minimum absolute atomic E-state index is 0.124. The van der Waals surface area contributed by atoms with Crippen molar-refractivity contribution in [3.8, 4) is 11.5 Å². The van der Waals surface area contributed by atoms with Gasteiger partial charge in [-0.05, 0) is 42.4 Å². The summed E-state index contributed by atoms with van der Waals surface area (Å²) in [4.78, 5) is 4.05. The van der Waals surface area contributed by atoms with Crippen LogP contribution in [0.5, 0.6) is 11.5 Å². The molecule has 1 aliphatic rings. The van der Waals surface area contributed by atoms with E-state index in [1.165, 1.54) is 5.56 Å². The maximum Gasteiger partial charge on any atom is 0.161 e. The molecule has 0 spiro atoms. The monoisotopic (exact) mass is 256 g/mol. The minimum Gasteiger partial charge on any atom is -0.486 e. The van der Waals surface area contributed by atoms with Gasteiger partial charge in [0.15, 0.2) is 11.5 Å². The number of rotatable bonds is 3. The molecule has 0 fully saturated rings. The van der Waals surface area contributed by atoms with Crippen LogP contribution in [-0.2, 0) is 0 Å². The summed E-state index contributed by atoms with van der Waals surface area (Å²) in [5, 5.41) is 3.32. The Morgan fingerprint density at radius 3 is 2.47 bits per heavy atom. The summed E-state index contributed by atoms with van der Waals surface area (Å²) in [6.07, 6.45) is 3.61. The van der Waals surface area contributed by atoms with Gasteiger partial charge in [0, 0.05) is 12.4 Å². The van der Waals surface area contributed by atoms with Crippen molar-refractivity contribution >= 4 is 0 Å². The number of pyridine rings is 1. The number of fused-ring (bicyclic) bond motifs is 1. The maximum absolute atomic E-state index is 5.63. The molecule has 0 saturated heterocycles. The van der Waals surface area contributed by atoms with Gasteiger partial charge in [0.25, 0.3) is 0 Å². The number of hydrogen-bond acceptors (Lipinski definition) is 4. The van der Waals surface area contributed by atoms with E-state index in [1.807, 2.05) is 31.3 Å². The van der Waals surface area contributed by atoms with E-state index in [0.717, 1.165) is 17.1 Å². The van der Waals surface area contributed by atoms with Gasteiger partial charge in [0.1, 0.15) is 13.2 Å². The summed E-state index contributed by atoms with van der Waals surface area (Å²) >= 11 is 0. The molecule has 98 valence electrons. The highest BCUT2D eigenvalue weighted by Crippen LogP contribution is 2.34. The Morgan fingerprint density at radius 1 is 1.00 bits per heavy atom. The van der Waals surface area contributed by atoms with Gasteiger partial charge < -0.3 is 14.8 Å². The lowest BCUT2D eigenvalue weighted by molar-refractivity contribution is 0.171. The molecule has 0 radical (unpaired) electrons. The molecule has 0 aliphatic carbocycles. The van der Waals surface area contributed by atoms with Crippen molar-refractivity contribution in [3.63, 3.8) is 0 Å². The van der Waals surface area contributed by atoms with Crippen LogP contribution in [0.4, 0.5) is 0 Å². The van der Waals surface area contributed by atoms with E-state index in [-0.39, 0.29) is 6.04 Å². The first-order valence-corrected chi connectivity index (χ1v) is 6.35. The van der Waals surface area contributed by atoms with Crippen LogP contribution < -0.4 is 14.8 Å². The number of ether oxygens (including phenoxy) is 2. The van der Waals surface area contributed by atoms with Crippen LogP contribution in [0.25, 0.3) is 0 Å². The molecule has 19 heavy (non-hydrogen) atoms. The molecule has 1 aliphatic heterocycles. The second kappa shape index (κ2) is 5.28. The third-order valence-electron chi connectivity index (χ3n) is 3.23. The van der Waals surface area contributed by atoms with Gasteiger partial charge in [0.05, 0.1) is 6.04 Å². The van der Waals surface area contributed by atoms with Crippen LogP contribution in [0, 0.1) is 0 Å². The smallest absolute Gasteiger partial charge is 0.161 e. The van der Waals surface area contributed by atoms with Crippen LogP contribution in [0.2, 0.25) is 0 Å². The number of benzene rings is 1. The van der Waals surface area contributed by atoms with Gasteiger partial charge in [-0.25, -0.2) is 0 Å². The Labute approximate surface area is 112 Å². The molecule has 0 saturated carbocycles. The Hall–Kier alpha value is -2.07. The fourth-order valence-electron chi connectivity index (χ4n) is 2.32. The van der Waals surface area contributed by atoms with Crippen LogP contribution in [0.1, 0.15) is 17.2 Å². The molecule has 1 atom stereocenters. The summed E-state index contributed by atoms with van der Waals surface area (Å²) < 4.78 is 11.2. The van der Waals surface area contributed by atoms with Crippen molar-refractivity contribution in [1.82, 2.24) is 10.3 Å². The molecule has 1 unspecified atom stereocenters. The molecule has 4 heteroatoms. The summed E-state index contributed by atoms with van der Waals surface area (Å²) in [7, 11) is 1.95. The molecular weight excluding hydrogens is 240 g/mol. The molecule has 1 aromatic carbocycles. The van der Waals surface area contributed by atoms with E-state index in [0.29, 0.717) is 13.2 Å². The number of aromatic nitrogens is 1. The Morgan fingerprint density at radius 2 is 1.74 bits per heavy atom. The molecule has 4 nitrogen and oxygen atoms in total. The van der Waals surface area contributed by atoms with Gasteiger partial charge in [-0.15, -0.1) is 0 Å². The molecule has 0 bridgehead atoms. The maximum atomic E-state index is 5.63. The zero-order chi connectivity index (χ0) is 13.1. The first kappa shape index (κ1) is 12.0. The summed E-state index contributed by atoms with van der Waals surface area (Å²) in [5.41, 5.74) is 2.33. The summed E-state index contributed by atoms with van der Waals surface area (Å²) in [5.74, 6) is 1.64. The standard InChI is InChI=1S/C15H16N2O2/c1-16-15(11-4-6-17-7-5-11)12-2-3-13-14(10-12)19-9-8-18-13/h2-7,10,15-16H,8-9H2,1H3. The lowest BCUT2D eigenvalue weighted by atomic mass is 9.99. The van der Waals surface area contributed by atoms with Gasteiger partial charge in [-0.3, -0.25) is 4.98 Å². The summed E-state index contributed by atoms with van der Waals surface area (Å²) in [6.45, 7) is 1.22. The van der Waals surface area contributed by atoms with Crippen molar-refractivity contribution in [2.24, 2.45) is 0 Å². The Bertz CT molecular complexity index is 557. The third kappa shape index (κ3) is 2.39. The predicted octanol–water partition coefficient (Wildman–Crippen LogP) is 2.16. The largest absolute Gasteiger partial charge is 0.486 e. The number of nitrogens with zero attached hydrogens (tertiary/aromatic N) is 1. The average molecular weight is 256 g/mol. The van der Waals surface area contributed by atoms with Gasteiger partial charge in [-0.2, -0.15) is 0 Å². The number of nitrogens with one attached hydrogen (secondary N) is 1. The van der Waals surface area contributed by atoms with E-state index in [9.17, 15) is 0 Å². The first-order valence-electron chi connectivity index (χ1n) is 6.35. The zero-order valence-electron chi connectivity index (χ0n) is 10.8. The Balaban J connectivity index is 1.96. The highest BCUT2D eigenvalue weighted by Gasteiger charge is 2.17. The lowest BCUT2D eigenvalue weighted by Crippen LogP contribution is -2.19. The molecular formula is C15H16N2O2. The lowest BCUT2D eigenvalue weighted by Gasteiger charge is -2.22. The van der Waals surface area contributed by atoms with Crippen LogP contribution >= 0.6 is 0 Å². The van der Waals surface area contributed by atoms with Crippen molar-refractivity contribution in [1.29, 1.82) is 0 Å². The molecule has 2 aromatic rings. The van der Waals surface area contributed by atoms with E-state index in [4.69, 9.17) is 9.47 Å². The normalized spacial score (nSPS) is 15.0. The molecule has 2 heterocycles. The minimum atomic E-state index is 0.124. The van der Waals surface area contributed by atoms with Crippen LogP contribution in [0.3, 0.4) is 0 Å². The molecule has 1 aromatic heterocycles. The fourth-order valence-corrected chi connectivity index (χ4v) is 2.32. The highest BCUT2D eigenvalue weighted by atomic mass is 16.6. The van der Waals surface area contributed by atoms with Crippen LogP contribution in [0.15, 0.2) is 42.7 Å². The molecule has 1 N–H and O–H groups in total. The van der Waals surface area contributed by atoms with Crippen molar-refractivity contribution < 1.29 is 9.47 Å². The first-order chi connectivity index (χ1) is 9.38. The zero-order valence-corrected chi connectivity index (χ0v) is 10.8. The van der Waals surface area contributed by atoms with E-state index < -0.39 is 0 Å². The van der Waals surface area contributed by atoms with E-state index >= 15 is 0 Å². The predicted molar refractivity (Wildman–Crippen MR) is 72.6 cm³/mol. The molecule has 3 rings (SSSR count). The quantitative estimate of drug-likeness (QED) is 0.914. The average Bonchev–Trinajstić information content (AvgIpc) is 2.49.